The molecule has 10 heteroatoms. The van der Waals surface area contributed by atoms with Gasteiger partial charge in [0.1, 0.15) is 5.56 Å². The van der Waals surface area contributed by atoms with E-state index in [0.717, 1.165) is 19.2 Å². The quantitative estimate of drug-likeness (QED) is 0.472. The van der Waals surface area contributed by atoms with Gasteiger partial charge >= 0.3 is 11.7 Å². The molecule has 0 spiro atoms. The van der Waals surface area contributed by atoms with Gasteiger partial charge in [-0.3, -0.25) is 10.1 Å². The molecule has 0 saturated carbocycles. The standard InChI is InChI=1S/C10H12N2O7S/c1-3-19-10(13)7-4-6(20(11,16)17)5-8(12(14)15)9(7)18-2/h4-5H,3H2,1-2H3,(H2,11,16,17). The Balaban J connectivity index is 3.66. The van der Waals surface area contributed by atoms with Crippen molar-refractivity contribution in [1.29, 1.82) is 0 Å². The average Bonchev–Trinajstić information content (AvgIpc) is 2.36. The van der Waals surface area contributed by atoms with Gasteiger partial charge in [-0.15, -0.1) is 0 Å². The van der Waals surface area contributed by atoms with Crippen molar-refractivity contribution in [2.45, 2.75) is 11.8 Å². The molecule has 110 valence electrons. The summed E-state index contributed by atoms with van der Waals surface area (Å²) >= 11 is 0. The first-order valence-electron chi connectivity index (χ1n) is 5.28. The maximum atomic E-state index is 11.7. The zero-order chi connectivity index (χ0) is 15.5. The van der Waals surface area contributed by atoms with Gasteiger partial charge in [0, 0.05) is 6.07 Å². The van der Waals surface area contributed by atoms with Crippen LogP contribution in [0.5, 0.6) is 5.75 Å². The van der Waals surface area contributed by atoms with E-state index in [1.807, 2.05) is 0 Å². The Morgan fingerprint density at radius 1 is 1.45 bits per heavy atom. The number of hydrogen-bond donors (Lipinski definition) is 1. The summed E-state index contributed by atoms with van der Waals surface area (Å²) in [6.07, 6.45) is 0. The number of rotatable bonds is 5. The van der Waals surface area contributed by atoms with E-state index in [-0.39, 0.29) is 17.9 Å². The zero-order valence-electron chi connectivity index (χ0n) is 10.7. The molecule has 0 fully saturated rings. The van der Waals surface area contributed by atoms with Crippen molar-refractivity contribution in [3.63, 3.8) is 0 Å². The predicted molar refractivity (Wildman–Crippen MR) is 67.0 cm³/mol. The van der Waals surface area contributed by atoms with E-state index in [1.165, 1.54) is 6.92 Å². The lowest BCUT2D eigenvalue weighted by molar-refractivity contribution is -0.386. The number of nitro benzene ring substituents is 1. The van der Waals surface area contributed by atoms with Crippen LogP contribution in [0.15, 0.2) is 17.0 Å². The van der Waals surface area contributed by atoms with E-state index in [1.54, 1.807) is 0 Å². The van der Waals surface area contributed by atoms with Crippen molar-refractivity contribution in [3.8, 4) is 5.75 Å². The molecular formula is C10H12N2O7S. The maximum Gasteiger partial charge on any atom is 0.342 e. The molecule has 9 nitrogen and oxygen atoms in total. The molecule has 2 N–H and O–H groups in total. The van der Waals surface area contributed by atoms with Crippen molar-refractivity contribution in [1.82, 2.24) is 0 Å². The minimum Gasteiger partial charge on any atom is -0.490 e. The Kier molecular flexibility index (Phi) is 4.63. The van der Waals surface area contributed by atoms with Crippen LogP contribution in [-0.4, -0.2) is 33.0 Å². The molecule has 0 unspecified atom stereocenters. The number of primary sulfonamides is 1. The Morgan fingerprint density at radius 3 is 2.45 bits per heavy atom. The van der Waals surface area contributed by atoms with E-state index in [9.17, 15) is 23.3 Å². The van der Waals surface area contributed by atoms with E-state index >= 15 is 0 Å². The molecule has 0 radical (unpaired) electrons. The Labute approximate surface area is 114 Å². The Morgan fingerprint density at radius 2 is 2.05 bits per heavy atom. The number of ether oxygens (including phenoxy) is 2. The number of nitrogens with two attached hydrogens (primary N) is 1. The summed E-state index contributed by atoms with van der Waals surface area (Å²) in [6.45, 7) is 1.54. The molecule has 0 atom stereocenters. The van der Waals surface area contributed by atoms with Gasteiger partial charge < -0.3 is 9.47 Å². The number of carbonyl (C=O) groups excluding carboxylic acids is 1. The van der Waals surface area contributed by atoms with Crippen LogP contribution in [0.3, 0.4) is 0 Å². The fraction of sp³-hybridized carbons (Fsp3) is 0.300. The highest BCUT2D eigenvalue weighted by molar-refractivity contribution is 7.89. The summed E-state index contributed by atoms with van der Waals surface area (Å²) in [7, 11) is -3.11. The zero-order valence-corrected chi connectivity index (χ0v) is 11.5. The maximum absolute atomic E-state index is 11.7. The number of benzene rings is 1. The first kappa shape index (κ1) is 15.9. The number of esters is 1. The highest BCUT2D eigenvalue weighted by Crippen LogP contribution is 2.34. The molecule has 1 aromatic rings. The van der Waals surface area contributed by atoms with Gasteiger partial charge in [0.05, 0.1) is 23.5 Å². The molecule has 0 aliphatic rings. The van der Waals surface area contributed by atoms with Crippen molar-refractivity contribution in [3.05, 3.63) is 27.8 Å². The van der Waals surface area contributed by atoms with Crippen LogP contribution in [0.4, 0.5) is 5.69 Å². The van der Waals surface area contributed by atoms with Crippen LogP contribution in [0.25, 0.3) is 0 Å². The first-order chi connectivity index (χ1) is 9.22. The number of nitro groups is 1. The minimum atomic E-state index is -4.22. The summed E-state index contributed by atoms with van der Waals surface area (Å²) < 4.78 is 32.1. The molecule has 0 aromatic heterocycles. The second-order valence-electron chi connectivity index (χ2n) is 3.55. The van der Waals surface area contributed by atoms with E-state index < -0.39 is 31.5 Å². The summed E-state index contributed by atoms with van der Waals surface area (Å²) in [5.41, 5.74) is -1.07. The first-order valence-corrected chi connectivity index (χ1v) is 6.83. The molecule has 0 amide bonds. The van der Waals surface area contributed by atoms with Crippen LogP contribution >= 0.6 is 0 Å². The van der Waals surface area contributed by atoms with Crippen molar-refractivity contribution >= 4 is 21.7 Å². The van der Waals surface area contributed by atoms with Crippen molar-refractivity contribution in [2.24, 2.45) is 5.14 Å². The van der Waals surface area contributed by atoms with Gasteiger partial charge in [0.25, 0.3) is 0 Å². The van der Waals surface area contributed by atoms with Crippen molar-refractivity contribution < 1.29 is 27.6 Å². The second kappa shape index (κ2) is 5.84. The minimum absolute atomic E-state index is 0.00931. The highest BCUT2D eigenvalue weighted by Gasteiger charge is 2.28. The van der Waals surface area contributed by atoms with E-state index in [2.05, 4.69) is 0 Å². The number of hydrogen-bond acceptors (Lipinski definition) is 7. The third-order valence-electron chi connectivity index (χ3n) is 2.27. The molecule has 1 rings (SSSR count). The summed E-state index contributed by atoms with van der Waals surface area (Å²) in [6, 6.07) is 1.59. The van der Waals surface area contributed by atoms with E-state index in [0.29, 0.717) is 0 Å². The van der Waals surface area contributed by atoms with Gasteiger partial charge in [-0.2, -0.15) is 0 Å². The van der Waals surface area contributed by atoms with Crippen LogP contribution in [-0.2, 0) is 14.8 Å². The van der Waals surface area contributed by atoms with Crippen LogP contribution in [0, 0.1) is 10.1 Å². The number of carbonyl (C=O) groups is 1. The molecule has 20 heavy (non-hydrogen) atoms. The highest BCUT2D eigenvalue weighted by atomic mass is 32.2. The van der Waals surface area contributed by atoms with Gasteiger partial charge in [0.2, 0.25) is 15.8 Å². The molecule has 0 aliphatic heterocycles. The Hall–Kier alpha value is -2.20. The smallest absolute Gasteiger partial charge is 0.342 e. The summed E-state index contributed by atoms with van der Waals surface area (Å²) in [5, 5.41) is 15.8. The fourth-order valence-corrected chi connectivity index (χ4v) is 2.02. The third-order valence-corrected chi connectivity index (χ3v) is 3.16. The Bertz CT molecular complexity index is 654. The van der Waals surface area contributed by atoms with Gasteiger partial charge in [0.15, 0.2) is 0 Å². The van der Waals surface area contributed by atoms with Gasteiger partial charge in [-0.25, -0.2) is 18.4 Å². The van der Waals surface area contributed by atoms with Crippen molar-refractivity contribution in [2.75, 3.05) is 13.7 Å². The van der Waals surface area contributed by atoms with Gasteiger partial charge in [-0.05, 0) is 13.0 Å². The summed E-state index contributed by atoms with van der Waals surface area (Å²) in [4.78, 5) is 21.2. The number of nitrogens with zero attached hydrogens (tertiary/aromatic N) is 1. The fourth-order valence-electron chi connectivity index (χ4n) is 1.46. The molecule has 0 bridgehead atoms. The lowest BCUT2D eigenvalue weighted by Crippen LogP contribution is -2.15. The van der Waals surface area contributed by atoms with Crippen LogP contribution in [0.2, 0.25) is 0 Å². The van der Waals surface area contributed by atoms with Crippen LogP contribution in [0.1, 0.15) is 17.3 Å². The molecule has 1 aromatic carbocycles. The topological polar surface area (TPSA) is 139 Å². The third kappa shape index (κ3) is 3.22. The van der Waals surface area contributed by atoms with Gasteiger partial charge in [-0.1, -0.05) is 0 Å². The monoisotopic (exact) mass is 304 g/mol. The lowest BCUT2D eigenvalue weighted by atomic mass is 10.1. The summed E-state index contributed by atoms with van der Waals surface area (Å²) in [5.74, 6) is -1.33. The number of sulfonamides is 1. The second-order valence-corrected chi connectivity index (χ2v) is 5.11. The largest absolute Gasteiger partial charge is 0.490 e. The molecule has 0 heterocycles. The lowest BCUT2D eigenvalue weighted by Gasteiger charge is -2.10. The predicted octanol–water partition coefficient (Wildman–Crippen LogP) is 0.428. The molecular weight excluding hydrogens is 292 g/mol. The SMILES string of the molecule is CCOC(=O)c1cc(S(N)(=O)=O)cc([N+](=O)[O-])c1OC. The average molecular weight is 304 g/mol. The molecule has 0 aliphatic carbocycles. The number of methoxy groups -OCH3 is 1. The molecule has 0 saturated heterocycles. The van der Waals surface area contributed by atoms with E-state index in [4.69, 9.17) is 14.6 Å². The normalized spacial score (nSPS) is 10.9. The van der Waals surface area contributed by atoms with Crippen LogP contribution < -0.4 is 9.88 Å².